The lowest BCUT2D eigenvalue weighted by atomic mass is 9.74. The van der Waals surface area contributed by atoms with E-state index in [1.165, 1.54) is 6.07 Å². The number of hydrogen-bond acceptors (Lipinski definition) is 5. The normalized spacial score (nSPS) is 26.4. The first-order valence-electron chi connectivity index (χ1n) is 13.5. The molecule has 0 saturated heterocycles. The van der Waals surface area contributed by atoms with Gasteiger partial charge in [-0.15, -0.1) is 0 Å². The Labute approximate surface area is 238 Å². The molecule has 1 fully saturated rings. The van der Waals surface area contributed by atoms with Crippen LogP contribution in [0.15, 0.2) is 70.5 Å². The number of sulfonamides is 1. The van der Waals surface area contributed by atoms with E-state index in [2.05, 4.69) is 15.0 Å². The van der Waals surface area contributed by atoms with Gasteiger partial charge in [-0.25, -0.2) is 13.1 Å². The number of aromatic nitrogens is 1. The van der Waals surface area contributed by atoms with Gasteiger partial charge in [0.15, 0.2) is 0 Å². The van der Waals surface area contributed by atoms with Crippen LogP contribution in [0.5, 0.6) is 0 Å². The van der Waals surface area contributed by atoms with Gasteiger partial charge in [0.05, 0.1) is 18.2 Å². The summed E-state index contributed by atoms with van der Waals surface area (Å²) in [6.07, 6.45) is 9.96. The van der Waals surface area contributed by atoms with Gasteiger partial charge in [-0.1, -0.05) is 60.9 Å². The molecule has 5 atom stereocenters. The Hall–Kier alpha value is -3.21. The quantitative estimate of drug-likeness (QED) is 0.439. The SMILES string of the molecule is CS(=O)(=O)N[C@H]1CCCC[C@@H]1N1C(=O)c2ccccc2[C@@H](C(=O)NCCc2cccc(=O)[nH]2)C1C1C=CC(Cl)=C1. The summed E-state index contributed by atoms with van der Waals surface area (Å²) in [6.45, 7) is 0.289. The number of allylic oxidation sites excluding steroid dienone is 2. The molecule has 5 rings (SSSR count). The van der Waals surface area contributed by atoms with Crippen LogP contribution in [-0.4, -0.2) is 61.0 Å². The van der Waals surface area contributed by atoms with Crippen molar-refractivity contribution in [1.29, 1.82) is 0 Å². The molecule has 0 spiro atoms. The number of nitrogens with zero attached hydrogens (tertiary/aromatic N) is 1. The fourth-order valence-corrected chi connectivity index (χ4v) is 7.34. The van der Waals surface area contributed by atoms with Gasteiger partial charge >= 0.3 is 0 Å². The number of amides is 2. The number of carbonyl (C=O) groups is 2. The second-order valence-corrected chi connectivity index (χ2v) is 12.9. The molecular weight excluding hydrogens is 552 g/mol. The number of fused-ring (bicyclic) bond motifs is 1. The van der Waals surface area contributed by atoms with Crippen LogP contribution in [0, 0.1) is 5.92 Å². The lowest BCUT2D eigenvalue weighted by molar-refractivity contribution is -0.124. The Morgan fingerprint density at radius 3 is 2.60 bits per heavy atom. The largest absolute Gasteiger partial charge is 0.355 e. The molecule has 2 heterocycles. The maximum atomic E-state index is 14.2. The van der Waals surface area contributed by atoms with Crippen molar-refractivity contribution in [2.24, 2.45) is 5.92 Å². The van der Waals surface area contributed by atoms with Crippen LogP contribution in [-0.2, 0) is 21.2 Å². The average molecular weight is 585 g/mol. The summed E-state index contributed by atoms with van der Waals surface area (Å²) in [4.78, 5) is 44.4. The number of hydrogen-bond donors (Lipinski definition) is 3. The number of aromatic amines is 1. The summed E-state index contributed by atoms with van der Waals surface area (Å²) in [6, 6.07) is 10.5. The molecule has 0 bridgehead atoms. The highest BCUT2D eigenvalue weighted by Crippen LogP contribution is 2.43. The van der Waals surface area contributed by atoms with Crippen molar-refractivity contribution in [1.82, 2.24) is 19.9 Å². The topological polar surface area (TPSA) is 128 Å². The Morgan fingerprint density at radius 2 is 1.88 bits per heavy atom. The van der Waals surface area contributed by atoms with Crippen molar-refractivity contribution < 1.29 is 18.0 Å². The second kappa shape index (κ2) is 11.7. The highest BCUT2D eigenvalue weighted by Gasteiger charge is 2.50. The van der Waals surface area contributed by atoms with Gasteiger partial charge in [-0.2, -0.15) is 0 Å². The number of pyridine rings is 1. The third-order valence-electron chi connectivity index (χ3n) is 7.90. The molecule has 9 nitrogen and oxygen atoms in total. The Morgan fingerprint density at radius 1 is 1.10 bits per heavy atom. The van der Waals surface area contributed by atoms with Crippen molar-refractivity contribution in [3.8, 4) is 0 Å². The third kappa shape index (κ3) is 6.09. The number of carbonyl (C=O) groups excluding carboxylic acids is 2. The lowest BCUT2D eigenvalue weighted by Gasteiger charge is -2.50. The third-order valence-corrected chi connectivity index (χ3v) is 8.89. The van der Waals surface area contributed by atoms with Crippen LogP contribution >= 0.6 is 11.6 Å². The molecular formula is C29H33ClN4O5S. The number of nitrogens with one attached hydrogen (secondary N) is 3. The van der Waals surface area contributed by atoms with Crippen LogP contribution < -0.4 is 15.6 Å². The summed E-state index contributed by atoms with van der Waals surface area (Å²) in [5.74, 6) is -1.53. The Kier molecular flexibility index (Phi) is 8.30. The molecule has 2 amide bonds. The fraction of sp³-hybridized carbons (Fsp3) is 0.414. The standard InChI is InChI=1S/C29H33ClN4O5S/c1-40(38,39)33-23-10-4-5-11-24(23)34-27(18-13-14-19(30)17-18)26(21-8-2-3-9-22(21)29(34)37)28(36)31-16-15-20-7-6-12-25(35)32-20/h2-3,6-9,12-14,17-18,23-24,26-27,33H,4-5,10-11,15-16H2,1H3,(H,31,36)(H,32,35)/t18?,23-,24-,26+,27?/m0/s1. The monoisotopic (exact) mass is 584 g/mol. The second-order valence-electron chi connectivity index (χ2n) is 10.7. The Bertz CT molecular complexity index is 1520. The van der Waals surface area contributed by atoms with Gasteiger partial charge in [0.1, 0.15) is 0 Å². The maximum Gasteiger partial charge on any atom is 0.254 e. The average Bonchev–Trinajstić information content (AvgIpc) is 3.34. The maximum absolute atomic E-state index is 14.2. The minimum Gasteiger partial charge on any atom is -0.355 e. The minimum absolute atomic E-state index is 0.208. The zero-order chi connectivity index (χ0) is 28.4. The molecule has 1 aromatic heterocycles. The van der Waals surface area contributed by atoms with Crippen LogP contribution in [0.4, 0.5) is 0 Å². The predicted molar refractivity (Wildman–Crippen MR) is 154 cm³/mol. The zero-order valence-electron chi connectivity index (χ0n) is 22.2. The van der Waals surface area contributed by atoms with Crippen LogP contribution in [0.25, 0.3) is 0 Å². The van der Waals surface area contributed by atoms with Gasteiger partial charge in [-0.05, 0) is 36.6 Å². The first-order chi connectivity index (χ1) is 19.1. The van der Waals surface area contributed by atoms with Crippen LogP contribution in [0.1, 0.15) is 53.2 Å². The number of halogens is 1. The molecule has 3 N–H and O–H groups in total. The molecule has 2 unspecified atom stereocenters. The van der Waals surface area contributed by atoms with E-state index in [9.17, 15) is 22.8 Å². The van der Waals surface area contributed by atoms with Crippen molar-refractivity contribution in [3.05, 3.63) is 92.9 Å². The number of rotatable bonds is 8. The molecule has 2 aromatic rings. The molecule has 40 heavy (non-hydrogen) atoms. The van der Waals surface area contributed by atoms with Gasteiger partial charge in [0, 0.05) is 53.3 Å². The van der Waals surface area contributed by atoms with E-state index in [-0.39, 0.29) is 29.8 Å². The van der Waals surface area contributed by atoms with Gasteiger partial charge in [0.25, 0.3) is 5.91 Å². The van der Waals surface area contributed by atoms with E-state index in [0.717, 1.165) is 19.1 Å². The van der Waals surface area contributed by atoms with Crippen molar-refractivity contribution in [3.63, 3.8) is 0 Å². The first kappa shape index (κ1) is 28.3. The van der Waals surface area contributed by atoms with E-state index in [4.69, 9.17) is 11.6 Å². The molecule has 3 aliphatic rings. The smallest absolute Gasteiger partial charge is 0.254 e. The highest BCUT2D eigenvalue weighted by atomic mass is 35.5. The fourth-order valence-electron chi connectivity index (χ4n) is 6.29. The molecule has 11 heteroatoms. The van der Waals surface area contributed by atoms with Crippen molar-refractivity contribution in [2.75, 3.05) is 12.8 Å². The summed E-state index contributed by atoms with van der Waals surface area (Å²) in [5, 5.41) is 3.55. The van der Waals surface area contributed by atoms with Crippen LogP contribution in [0.2, 0.25) is 0 Å². The van der Waals surface area contributed by atoms with Gasteiger partial charge < -0.3 is 15.2 Å². The molecule has 212 valence electrons. The van der Waals surface area contributed by atoms with Gasteiger partial charge in [0.2, 0.25) is 21.5 Å². The summed E-state index contributed by atoms with van der Waals surface area (Å²) < 4.78 is 27.3. The minimum atomic E-state index is -3.53. The molecule has 1 aliphatic heterocycles. The van der Waals surface area contributed by atoms with Crippen LogP contribution in [0.3, 0.4) is 0 Å². The van der Waals surface area contributed by atoms with Gasteiger partial charge in [-0.3, -0.25) is 14.4 Å². The molecule has 1 aromatic carbocycles. The highest BCUT2D eigenvalue weighted by molar-refractivity contribution is 7.88. The van der Waals surface area contributed by atoms with E-state index in [1.54, 1.807) is 35.2 Å². The van der Waals surface area contributed by atoms with Crippen molar-refractivity contribution in [2.45, 2.75) is 56.1 Å². The summed E-state index contributed by atoms with van der Waals surface area (Å²) >= 11 is 6.35. The van der Waals surface area contributed by atoms with Crippen molar-refractivity contribution >= 4 is 33.4 Å². The van der Waals surface area contributed by atoms with E-state index in [0.29, 0.717) is 41.1 Å². The van der Waals surface area contributed by atoms with E-state index >= 15 is 0 Å². The van der Waals surface area contributed by atoms with E-state index < -0.39 is 34.1 Å². The number of benzene rings is 1. The molecule has 2 aliphatic carbocycles. The molecule has 0 radical (unpaired) electrons. The predicted octanol–water partition coefficient (Wildman–Crippen LogP) is 2.81. The number of H-pyrrole nitrogens is 1. The summed E-state index contributed by atoms with van der Waals surface area (Å²) in [7, 11) is -3.53. The molecule has 1 saturated carbocycles. The first-order valence-corrected chi connectivity index (χ1v) is 15.8. The summed E-state index contributed by atoms with van der Waals surface area (Å²) in [5.41, 5.74) is 1.57. The lowest BCUT2D eigenvalue weighted by Crippen LogP contribution is -2.63. The Balaban J connectivity index is 1.53. The zero-order valence-corrected chi connectivity index (χ0v) is 23.7. The van der Waals surface area contributed by atoms with E-state index in [1.807, 2.05) is 24.3 Å².